The summed E-state index contributed by atoms with van der Waals surface area (Å²) in [6.07, 6.45) is 8.29. The van der Waals surface area contributed by atoms with Gasteiger partial charge in [-0.1, -0.05) is 40.0 Å². The van der Waals surface area contributed by atoms with Gasteiger partial charge in [-0.25, -0.2) is 4.79 Å². The lowest BCUT2D eigenvalue weighted by molar-refractivity contribution is -0.142. The van der Waals surface area contributed by atoms with Crippen molar-refractivity contribution in [2.45, 2.75) is 65.9 Å². The molecule has 0 aromatic heterocycles. The maximum atomic E-state index is 12.2. The quantitative estimate of drug-likeness (QED) is 0.293. The number of esters is 1. The maximum Gasteiger partial charge on any atom is 0.331 e. The van der Waals surface area contributed by atoms with Crippen LogP contribution in [0, 0.1) is 5.92 Å². The van der Waals surface area contributed by atoms with Crippen LogP contribution in [0.25, 0.3) is 6.08 Å². The average Bonchev–Trinajstić information content (AvgIpc) is 2.69. The lowest BCUT2D eigenvalue weighted by Crippen LogP contribution is -2.18. The summed E-state index contributed by atoms with van der Waals surface area (Å²) in [4.78, 5) is 24.3. The molecular formula is C23H35NO5. The third-order valence-corrected chi connectivity index (χ3v) is 4.52. The number of amides is 1. The van der Waals surface area contributed by atoms with Crippen molar-refractivity contribution in [3.8, 4) is 11.5 Å². The molecule has 1 unspecified atom stereocenters. The Hall–Kier alpha value is -2.50. The van der Waals surface area contributed by atoms with Crippen molar-refractivity contribution < 1.29 is 23.8 Å². The summed E-state index contributed by atoms with van der Waals surface area (Å²) >= 11 is 0. The van der Waals surface area contributed by atoms with Crippen LogP contribution in [0.5, 0.6) is 11.5 Å². The van der Waals surface area contributed by atoms with Gasteiger partial charge in [-0.2, -0.15) is 0 Å². The van der Waals surface area contributed by atoms with Crippen molar-refractivity contribution in [2.75, 3.05) is 19.5 Å². The monoisotopic (exact) mass is 405 g/mol. The van der Waals surface area contributed by atoms with E-state index in [1.54, 1.807) is 18.2 Å². The van der Waals surface area contributed by atoms with Gasteiger partial charge >= 0.3 is 5.97 Å². The van der Waals surface area contributed by atoms with Gasteiger partial charge in [0.2, 0.25) is 5.91 Å². The van der Waals surface area contributed by atoms with Gasteiger partial charge in [-0.15, -0.1) is 0 Å². The van der Waals surface area contributed by atoms with Gasteiger partial charge in [0.05, 0.1) is 26.0 Å². The predicted octanol–water partition coefficient (Wildman–Crippen LogP) is 5.21. The van der Waals surface area contributed by atoms with Crippen molar-refractivity contribution >= 4 is 23.6 Å². The first-order valence-corrected chi connectivity index (χ1v) is 10.3. The van der Waals surface area contributed by atoms with E-state index in [0.717, 1.165) is 19.3 Å². The molecular weight excluding hydrogens is 370 g/mol. The number of hydrogen-bond donors (Lipinski definition) is 1. The lowest BCUT2D eigenvalue weighted by Gasteiger charge is -2.15. The number of benzene rings is 1. The van der Waals surface area contributed by atoms with Crippen molar-refractivity contribution in [3.63, 3.8) is 0 Å². The van der Waals surface area contributed by atoms with E-state index in [0.29, 0.717) is 22.7 Å². The molecule has 1 aromatic carbocycles. The molecule has 6 nitrogen and oxygen atoms in total. The van der Waals surface area contributed by atoms with Crippen LogP contribution in [-0.4, -0.2) is 32.2 Å². The summed E-state index contributed by atoms with van der Waals surface area (Å²) in [6.45, 7) is 7.69. The van der Waals surface area contributed by atoms with Crippen molar-refractivity contribution in [3.05, 3.63) is 23.8 Å². The van der Waals surface area contributed by atoms with E-state index in [-0.39, 0.29) is 17.9 Å². The Morgan fingerprint density at radius 3 is 2.28 bits per heavy atom. The number of methoxy groups -OCH3 is 2. The van der Waals surface area contributed by atoms with E-state index in [4.69, 9.17) is 14.2 Å². The van der Waals surface area contributed by atoms with Gasteiger partial charge in [0.25, 0.3) is 0 Å². The molecule has 0 aliphatic carbocycles. The molecule has 1 atom stereocenters. The van der Waals surface area contributed by atoms with Crippen LogP contribution in [0.4, 0.5) is 5.69 Å². The van der Waals surface area contributed by atoms with Gasteiger partial charge in [-0.3, -0.25) is 4.79 Å². The Morgan fingerprint density at radius 2 is 1.69 bits per heavy atom. The highest BCUT2D eigenvalue weighted by Crippen LogP contribution is 2.34. The number of anilines is 1. The minimum Gasteiger partial charge on any atom is -0.493 e. The second-order valence-corrected chi connectivity index (χ2v) is 7.37. The van der Waals surface area contributed by atoms with Gasteiger partial charge < -0.3 is 19.5 Å². The number of carbonyl (C=O) groups excluding carboxylic acids is 2. The van der Waals surface area contributed by atoms with Gasteiger partial charge in [0.1, 0.15) is 0 Å². The summed E-state index contributed by atoms with van der Waals surface area (Å²) in [5, 5.41) is 2.86. The predicted molar refractivity (Wildman–Crippen MR) is 116 cm³/mol. The Labute approximate surface area is 174 Å². The second-order valence-electron chi connectivity index (χ2n) is 7.37. The molecule has 1 N–H and O–H groups in total. The molecule has 29 heavy (non-hydrogen) atoms. The van der Waals surface area contributed by atoms with Crippen LogP contribution < -0.4 is 14.8 Å². The molecule has 0 saturated carbocycles. The molecule has 6 heteroatoms. The van der Waals surface area contributed by atoms with Crippen LogP contribution in [0.3, 0.4) is 0 Å². The standard InChI is InChI=1S/C23H35NO5/c1-7-8-9-10-11-17(4)29-22(25)13-12-18-14-20(27-5)21(28-6)15-19(18)24-23(26)16(2)3/h12-17H,7-11H2,1-6H3,(H,24,26)/b13-12+. The minimum absolute atomic E-state index is 0.129. The Morgan fingerprint density at radius 1 is 1.03 bits per heavy atom. The molecule has 0 bridgehead atoms. The van der Waals surface area contributed by atoms with E-state index in [2.05, 4.69) is 12.2 Å². The second kappa shape index (κ2) is 12.9. The average molecular weight is 406 g/mol. The summed E-state index contributed by atoms with van der Waals surface area (Å²) in [7, 11) is 3.06. The molecule has 0 fully saturated rings. The fourth-order valence-corrected chi connectivity index (χ4v) is 2.73. The number of nitrogens with one attached hydrogen (secondary N) is 1. The molecule has 162 valence electrons. The van der Waals surface area contributed by atoms with Gasteiger partial charge in [-0.05, 0) is 31.9 Å². The highest BCUT2D eigenvalue weighted by atomic mass is 16.5. The molecule has 1 rings (SSSR count). The van der Waals surface area contributed by atoms with Crippen molar-refractivity contribution in [1.29, 1.82) is 0 Å². The lowest BCUT2D eigenvalue weighted by atomic mass is 10.1. The van der Waals surface area contributed by atoms with E-state index in [9.17, 15) is 9.59 Å². The number of carbonyl (C=O) groups is 2. The summed E-state index contributed by atoms with van der Waals surface area (Å²) in [6, 6.07) is 3.40. The molecule has 0 aliphatic heterocycles. The normalized spacial score (nSPS) is 12.1. The molecule has 1 aromatic rings. The van der Waals surface area contributed by atoms with Crippen molar-refractivity contribution in [1.82, 2.24) is 0 Å². The number of rotatable bonds is 12. The van der Waals surface area contributed by atoms with E-state index < -0.39 is 5.97 Å². The Kier molecular flexibility index (Phi) is 10.9. The fourth-order valence-electron chi connectivity index (χ4n) is 2.73. The maximum absolute atomic E-state index is 12.2. The van der Waals surface area contributed by atoms with Crippen LogP contribution in [0.15, 0.2) is 18.2 Å². The van der Waals surface area contributed by atoms with E-state index in [1.807, 2.05) is 20.8 Å². The largest absolute Gasteiger partial charge is 0.493 e. The van der Waals surface area contributed by atoms with Crippen LogP contribution in [0.2, 0.25) is 0 Å². The third kappa shape index (κ3) is 8.59. The Bertz CT molecular complexity index is 697. The molecule has 0 aliphatic rings. The SMILES string of the molecule is CCCCCCC(C)OC(=O)/C=C/c1cc(OC)c(OC)cc1NC(=O)C(C)C. The topological polar surface area (TPSA) is 73.9 Å². The zero-order valence-corrected chi connectivity index (χ0v) is 18.5. The number of ether oxygens (including phenoxy) is 3. The van der Waals surface area contributed by atoms with E-state index >= 15 is 0 Å². The van der Waals surface area contributed by atoms with Crippen LogP contribution in [0.1, 0.15) is 65.4 Å². The zero-order chi connectivity index (χ0) is 21.8. The summed E-state index contributed by atoms with van der Waals surface area (Å²) in [5.41, 5.74) is 1.17. The van der Waals surface area contributed by atoms with Crippen LogP contribution >= 0.6 is 0 Å². The number of unbranched alkanes of at least 4 members (excludes halogenated alkanes) is 3. The highest BCUT2D eigenvalue weighted by Gasteiger charge is 2.14. The van der Waals surface area contributed by atoms with Crippen molar-refractivity contribution in [2.24, 2.45) is 5.92 Å². The minimum atomic E-state index is -0.413. The first kappa shape index (κ1) is 24.5. The summed E-state index contributed by atoms with van der Waals surface area (Å²) < 4.78 is 16.1. The first-order valence-electron chi connectivity index (χ1n) is 10.3. The first-order chi connectivity index (χ1) is 13.8. The highest BCUT2D eigenvalue weighted by molar-refractivity contribution is 5.96. The summed E-state index contributed by atoms with van der Waals surface area (Å²) in [5.74, 6) is 0.275. The molecule has 0 heterocycles. The number of hydrogen-bond acceptors (Lipinski definition) is 5. The van der Waals surface area contributed by atoms with Gasteiger partial charge in [0, 0.05) is 23.6 Å². The fraction of sp³-hybridized carbons (Fsp3) is 0.565. The van der Waals surface area contributed by atoms with Crippen LogP contribution in [-0.2, 0) is 14.3 Å². The molecule has 1 amide bonds. The molecule has 0 spiro atoms. The zero-order valence-electron chi connectivity index (χ0n) is 18.5. The van der Waals surface area contributed by atoms with E-state index in [1.165, 1.54) is 33.1 Å². The third-order valence-electron chi connectivity index (χ3n) is 4.52. The smallest absolute Gasteiger partial charge is 0.331 e. The molecule has 0 radical (unpaired) electrons. The van der Waals surface area contributed by atoms with Gasteiger partial charge in [0.15, 0.2) is 11.5 Å². The Balaban J connectivity index is 2.91. The molecule has 0 saturated heterocycles.